The first kappa shape index (κ1) is 10.1. The Hall–Kier alpha value is -0.0400. The first-order valence-electron chi connectivity index (χ1n) is 6.84. The molecule has 0 aliphatic heterocycles. The largest absolute Gasteiger partial charge is 0.377 e. The highest BCUT2D eigenvalue weighted by Gasteiger charge is 2.48. The van der Waals surface area contributed by atoms with Crippen LogP contribution in [-0.2, 0) is 4.74 Å². The predicted molar refractivity (Wildman–Crippen MR) is 61.6 cm³/mol. The lowest BCUT2D eigenvalue weighted by Gasteiger charge is -2.54. The highest BCUT2D eigenvalue weighted by Crippen LogP contribution is 2.54. The quantitative estimate of drug-likeness (QED) is 0.690. The number of rotatable bonds is 3. The standard InChI is InChI=1S/C14H24O/c1-9(2)8-15-14-12-4-10-3-11(6-12)7-13(14)5-10/h9-14H,3-8H2,1-2H3. The van der Waals surface area contributed by atoms with E-state index >= 15 is 0 Å². The second-order valence-electron chi connectivity index (χ2n) is 6.62. The smallest absolute Gasteiger partial charge is 0.0631 e. The van der Waals surface area contributed by atoms with E-state index in [0.717, 1.165) is 30.3 Å². The van der Waals surface area contributed by atoms with Crippen LogP contribution in [0.25, 0.3) is 0 Å². The second-order valence-corrected chi connectivity index (χ2v) is 6.62. The van der Waals surface area contributed by atoms with E-state index in [1.165, 1.54) is 25.7 Å². The molecule has 1 heteroatoms. The van der Waals surface area contributed by atoms with Gasteiger partial charge in [0.1, 0.15) is 0 Å². The van der Waals surface area contributed by atoms with Gasteiger partial charge in [0.15, 0.2) is 0 Å². The lowest BCUT2D eigenvalue weighted by atomic mass is 9.55. The van der Waals surface area contributed by atoms with Crippen molar-refractivity contribution in [2.24, 2.45) is 29.6 Å². The fourth-order valence-corrected chi connectivity index (χ4v) is 4.45. The SMILES string of the molecule is CC(C)COC1C2CC3CC(C2)CC1C3. The summed E-state index contributed by atoms with van der Waals surface area (Å²) in [6.07, 6.45) is 8.11. The summed E-state index contributed by atoms with van der Waals surface area (Å²) in [5, 5.41) is 0. The maximum Gasteiger partial charge on any atom is 0.0631 e. The second kappa shape index (κ2) is 3.76. The van der Waals surface area contributed by atoms with Gasteiger partial charge in [-0.25, -0.2) is 0 Å². The molecule has 0 heterocycles. The van der Waals surface area contributed by atoms with E-state index < -0.39 is 0 Å². The third-order valence-electron chi connectivity index (χ3n) is 4.76. The number of hydrogen-bond donors (Lipinski definition) is 0. The van der Waals surface area contributed by atoms with Gasteiger partial charge in [-0.05, 0) is 61.7 Å². The van der Waals surface area contributed by atoms with Gasteiger partial charge in [-0.15, -0.1) is 0 Å². The molecule has 4 fully saturated rings. The molecule has 4 rings (SSSR count). The van der Waals surface area contributed by atoms with Crippen LogP contribution in [-0.4, -0.2) is 12.7 Å². The van der Waals surface area contributed by atoms with Crippen molar-refractivity contribution in [2.75, 3.05) is 6.61 Å². The third kappa shape index (κ3) is 1.84. The van der Waals surface area contributed by atoms with Gasteiger partial charge in [-0.2, -0.15) is 0 Å². The molecule has 0 unspecified atom stereocenters. The molecule has 0 amide bonds. The summed E-state index contributed by atoms with van der Waals surface area (Å²) in [4.78, 5) is 0. The number of ether oxygens (including phenoxy) is 1. The first-order chi connectivity index (χ1) is 7.22. The minimum Gasteiger partial charge on any atom is -0.377 e. The average molecular weight is 208 g/mol. The van der Waals surface area contributed by atoms with E-state index in [1.807, 2.05) is 0 Å². The van der Waals surface area contributed by atoms with Crippen LogP contribution >= 0.6 is 0 Å². The zero-order valence-corrected chi connectivity index (χ0v) is 10.1. The van der Waals surface area contributed by atoms with E-state index in [2.05, 4.69) is 13.8 Å². The van der Waals surface area contributed by atoms with E-state index in [4.69, 9.17) is 4.74 Å². The Morgan fingerprint density at radius 3 is 1.93 bits per heavy atom. The molecule has 4 aliphatic carbocycles. The Morgan fingerprint density at radius 2 is 1.47 bits per heavy atom. The van der Waals surface area contributed by atoms with Crippen LogP contribution in [0.15, 0.2) is 0 Å². The van der Waals surface area contributed by atoms with Gasteiger partial charge < -0.3 is 4.74 Å². The van der Waals surface area contributed by atoms with Gasteiger partial charge in [-0.3, -0.25) is 0 Å². The highest BCUT2D eigenvalue weighted by atomic mass is 16.5. The van der Waals surface area contributed by atoms with Crippen molar-refractivity contribution < 1.29 is 4.74 Å². The Labute approximate surface area is 93.6 Å². The lowest BCUT2D eigenvalue weighted by Crippen LogP contribution is -2.49. The third-order valence-corrected chi connectivity index (χ3v) is 4.76. The molecular weight excluding hydrogens is 184 g/mol. The molecule has 4 bridgehead atoms. The summed E-state index contributed by atoms with van der Waals surface area (Å²) in [6, 6.07) is 0. The Morgan fingerprint density at radius 1 is 0.933 bits per heavy atom. The molecule has 0 aromatic heterocycles. The lowest BCUT2D eigenvalue weighted by molar-refractivity contribution is -0.130. The van der Waals surface area contributed by atoms with Crippen LogP contribution in [0.5, 0.6) is 0 Å². The first-order valence-corrected chi connectivity index (χ1v) is 6.84. The molecule has 4 aliphatic rings. The van der Waals surface area contributed by atoms with Crippen LogP contribution < -0.4 is 0 Å². The normalized spacial score (nSPS) is 47.8. The Bertz CT molecular complexity index is 205. The Kier molecular flexibility index (Phi) is 2.54. The predicted octanol–water partition coefficient (Wildman–Crippen LogP) is 3.48. The van der Waals surface area contributed by atoms with Crippen molar-refractivity contribution in [1.29, 1.82) is 0 Å². The van der Waals surface area contributed by atoms with Gasteiger partial charge >= 0.3 is 0 Å². The fourth-order valence-electron chi connectivity index (χ4n) is 4.45. The molecule has 0 aromatic carbocycles. The zero-order valence-electron chi connectivity index (χ0n) is 10.1. The summed E-state index contributed by atoms with van der Waals surface area (Å²) in [6.45, 7) is 5.50. The summed E-state index contributed by atoms with van der Waals surface area (Å²) in [5.41, 5.74) is 0. The molecular formula is C14H24O. The van der Waals surface area contributed by atoms with Crippen molar-refractivity contribution in [3.05, 3.63) is 0 Å². The fraction of sp³-hybridized carbons (Fsp3) is 1.00. The van der Waals surface area contributed by atoms with Crippen molar-refractivity contribution in [3.63, 3.8) is 0 Å². The van der Waals surface area contributed by atoms with Crippen molar-refractivity contribution in [1.82, 2.24) is 0 Å². The average Bonchev–Trinajstić information content (AvgIpc) is 2.14. The monoisotopic (exact) mass is 208 g/mol. The number of hydrogen-bond acceptors (Lipinski definition) is 1. The Balaban J connectivity index is 1.64. The van der Waals surface area contributed by atoms with E-state index in [9.17, 15) is 0 Å². The van der Waals surface area contributed by atoms with Gasteiger partial charge in [0.25, 0.3) is 0 Å². The molecule has 0 spiro atoms. The van der Waals surface area contributed by atoms with Crippen molar-refractivity contribution >= 4 is 0 Å². The van der Waals surface area contributed by atoms with Crippen molar-refractivity contribution in [2.45, 2.75) is 52.1 Å². The highest BCUT2D eigenvalue weighted by molar-refractivity contribution is 4.98. The molecule has 4 saturated carbocycles. The molecule has 86 valence electrons. The molecule has 0 N–H and O–H groups in total. The minimum absolute atomic E-state index is 0.639. The molecule has 0 aromatic rings. The van der Waals surface area contributed by atoms with Gasteiger partial charge in [0.2, 0.25) is 0 Å². The topological polar surface area (TPSA) is 9.23 Å². The van der Waals surface area contributed by atoms with Crippen LogP contribution in [0.3, 0.4) is 0 Å². The van der Waals surface area contributed by atoms with E-state index in [-0.39, 0.29) is 0 Å². The summed E-state index contributed by atoms with van der Waals surface area (Å²) < 4.78 is 6.18. The molecule has 0 atom stereocenters. The van der Waals surface area contributed by atoms with Crippen molar-refractivity contribution in [3.8, 4) is 0 Å². The summed E-state index contributed by atoms with van der Waals surface area (Å²) >= 11 is 0. The minimum atomic E-state index is 0.639. The molecule has 15 heavy (non-hydrogen) atoms. The van der Waals surface area contributed by atoms with Gasteiger partial charge in [0.05, 0.1) is 6.10 Å². The van der Waals surface area contributed by atoms with Gasteiger partial charge in [-0.1, -0.05) is 13.8 Å². The summed E-state index contributed by atoms with van der Waals surface area (Å²) in [5.74, 6) is 4.71. The van der Waals surface area contributed by atoms with Crippen LogP contribution in [0.2, 0.25) is 0 Å². The maximum absolute atomic E-state index is 6.18. The van der Waals surface area contributed by atoms with E-state index in [1.54, 1.807) is 6.42 Å². The zero-order chi connectivity index (χ0) is 10.4. The molecule has 0 radical (unpaired) electrons. The maximum atomic E-state index is 6.18. The molecule has 0 saturated heterocycles. The molecule has 1 nitrogen and oxygen atoms in total. The van der Waals surface area contributed by atoms with Crippen LogP contribution in [0.4, 0.5) is 0 Å². The van der Waals surface area contributed by atoms with Gasteiger partial charge in [0, 0.05) is 6.61 Å². The summed E-state index contributed by atoms with van der Waals surface area (Å²) in [7, 11) is 0. The van der Waals surface area contributed by atoms with Crippen LogP contribution in [0.1, 0.15) is 46.0 Å². The van der Waals surface area contributed by atoms with E-state index in [0.29, 0.717) is 12.0 Å². The van der Waals surface area contributed by atoms with Crippen LogP contribution in [0, 0.1) is 29.6 Å².